The van der Waals surface area contributed by atoms with Crippen LogP contribution in [0.1, 0.15) is 55.3 Å². The van der Waals surface area contributed by atoms with Crippen LogP contribution >= 0.6 is 0 Å². The van der Waals surface area contributed by atoms with Gasteiger partial charge in [0.15, 0.2) is 0 Å². The number of benzene rings is 2. The Balaban J connectivity index is 2.08. The molecule has 0 aromatic heterocycles. The number of hydrogen-bond acceptors (Lipinski definition) is 3. The third-order valence-corrected chi connectivity index (χ3v) is 5.32. The van der Waals surface area contributed by atoms with Gasteiger partial charge in [-0.05, 0) is 19.4 Å². The van der Waals surface area contributed by atoms with Crippen LogP contribution in [-0.2, 0) is 9.59 Å². The van der Waals surface area contributed by atoms with Crippen LogP contribution in [0.15, 0.2) is 54.1 Å². The molecule has 1 aliphatic rings. The maximum absolute atomic E-state index is 14.7. The Morgan fingerprint density at radius 2 is 1.72 bits per heavy atom. The Morgan fingerprint density at radius 3 is 2.38 bits per heavy atom. The first-order valence-corrected chi connectivity index (χ1v) is 10.1. The number of ketones is 1. The van der Waals surface area contributed by atoms with Crippen molar-refractivity contribution in [1.29, 1.82) is 0 Å². The van der Waals surface area contributed by atoms with Gasteiger partial charge < -0.3 is 10.0 Å². The zero-order valence-electron chi connectivity index (χ0n) is 16.8. The van der Waals surface area contributed by atoms with Crippen molar-refractivity contribution < 1.29 is 19.1 Å². The maximum atomic E-state index is 14.7. The number of carbonyl (C=O) groups excluding carboxylic acids is 2. The molecule has 2 aromatic rings. The van der Waals surface area contributed by atoms with Gasteiger partial charge in [0.25, 0.3) is 11.7 Å². The topological polar surface area (TPSA) is 57.6 Å². The summed E-state index contributed by atoms with van der Waals surface area (Å²) in [6.07, 6.45) is 3.71. The molecule has 2 aromatic carbocycles. The number of aryl methyl sites for hydroxylation is 1. The molecule has 0 radical (unpaired) electrons. The molecule has 1 heterocycles. The first-order valence-electron chi connectivity index (χ1n) is 10.1. The van der Waals surface area contributed by atoms with Gasteiger partial charge in [-0.1, -0.05) is 74.2 Å². The summed E-state index contributed by atoms with van der Waals surface area (Å²) >= 11 is 0. The van der Waals surface area contributed by atoms with Crippen LogP contribution in [-0.4, -0.2) is 28.2 Å². The highest BCUT2D eigenvalue weighted by atomic mass is 19.1. The third kappa shape index (κ3) is 4.24. The van der Waals surface area contributed by atoms with E-state index in [1.165, 1.54) is 11.0 Å². The van der Waals surface area contributed by atoms with Crippen molar-refractivity contribution >= 4 is 17.4 Å². The summed E-state index contributed by atoms with van der Waals surface area (Å²) in [5.74, 6) is -2.24. The second-order valence-electron chi connectivity index (χ2n) is 7.44. The molecule has 0 spiro atoms. The molecular weight excluding hydrogens is 369 g/mol. The van der Waals surface area contributed by atoms with E-state index in [1.807, 2.05) is 19.1 Å². The average molecular weight is 395 g/mol. The summed E-state index contributed by atoms with van der Waals surface area (Å²) < 4.78 is 14.7. The highest BCUT2D eigenvalue weighted by Crippen LogP contribution is 2.40. The maximum Gasteiger partial charge on any atom is 0.295 e. The van der Waals surface area contributed by atoms with Crippen molar-refractivity contribution in [3.8, 4) is 0 Å². The minimum absolute atomic E-state index is 0.0561. The van der Waals surface area contributed by atoms with E-state index in [0.29, 0.717) is 12.1 Å². The second-order valence-corrected chi connectivity index (χ2v) is 7.44. The fraction of sp³-hybridized carbons (Fsp3) is 0.333. The van der Waals surface area contributed by atoms with Crippen LogP contribution < -0.4 is 0 Å². The summed E-state index contributed by atoms with van der Waals surface area (Å²) in [5, 5.41) is 10.9. The number of halogens is 1. The van der Waals surface area contributed by atoms with E-state index in [9.17, 15) is 19.1 Å². The van der Waals surface area contributed by atoms with Crippen molar-refractivity contribution in [1.82, 2.24) is 4.90 Å². The number of aliphatic hydroxyl groups is 1. The molecule has 4 nitrogen and oxygen atoms in total. The fourth-order valence-corrected chi connectivity index (χ4v) is 3.71. The number of rotatable bonds is 7. The number of carbonyl (C=O) groups is 2. The number of Topliss-reactive ketones (excluding diaryl/α,β-unsaturated/α-hetero) is 1. The molecule has 1 atom stereocenters. The summed E-state index contributed by atoms with van der Waals surface area (Å²) in [7, 11) is 0. The van der Waals surface area contributed by atoms with Gasteiger partial charge in [0.05, 0.1) is 11.6 Å². The van der Waals surface area contributed by atoms with Gasteiger partial charge >= 0.3 is 0 Å². The Morgan fingerprint density at radius 1 is 1.03 bits per heavy atom. The van der Waals surface area contributed by atoms with Gasteiger partial charge in [0.2, 0.25) is 0 Å². The minimum atomic E-state index is -0.931. The van der Waals surface area contributed by atoms with Gasteiger partial charge in [0, 0.05) is 17.7 Å². The zero-order chi connectivity index (χ0) is 21.0. The molecule has 1 amide bonds. The number of aliphatic hydroxyl groups excluding tert-OH is 1. The number of unbranched alkanes of at least 4 members (excludes halogenated alkanes) is 3. The molecule has 152 valence electrons. The van der Waals surface area contributed by atoms with Crippen molar-refractivity contribution in [3.05, 3.63) is 76.6 Å². The second kappa shape index (κ2) is 9.03. The SMILES string of the molecule is CCCCCCN1C(=O)C(=O)/C(=C(/O)c2ccc(C)cc2)[C@H]1c1ccccc1F. The normalized spacial score (nSPS) is 18.4. The van der Waals surface area contributed by atoms with Gasteiger partial charge in [-0.15, -0.1) is 0 Å². The highest BCUT2D eigenvalue weighted by molar-refractivity contribution is 6.46. The largest absolute Gasteiger partial charge is 0.507 e. The standard InChI is InChI=1S/C24H26FNO3/c1-3-4-5-8-15-26-21(18-9-6-7-10-19(18)25)20(23(28)24(26)29)22(27)17-13-11-16(2)12-14-17/h6-7,9-14,21,27H,3-5,8,15H2,1-2H3/b22-20+/t21-/m1/s1. The van der Waals surface area contributed by atoms with E-state index >= 15 is 0 Å². The number of hydrogen-bond donors (Lipinski definition) is 1. The van der Waals surface area contributed by atoms with E-state index in [-0.39, 0.29) is 16.9 Å². The molecule has 5 heteroatoms. The quantitative estimate of drug-likeness (QED) is 0.306. The third-order valence-electron chi connectivity index (χ3n) is 5.32. The minimum Gasteiger partial charge on any atom is -0.507 e. The monoisotopic (exact) mass is 395 g/mol. The number of nitrogens with zero attached hydrogens (tertiary/aromatic N) is 1. The Bertz CT molecular complexity index is 933. The summed E-state index contributed by atoms with van der Waals surface area (Å²) in [6, 6.07) is 12.2. The van der Waals surface area contributed by atoms with Crippen molar-refractivity contribution in [2.75, 3.05) is 6.54 Å². The van der Waals surface area contributed by atoms with Crippen LogP contribution in [0.4, 0.5) is 4.39 Å². The molecular formula is C24H26FNO3. The lowest BCUT2D eigenvalue weighted by atomic mass is 9.94. The van der Waals surface area contributed by atoms with Gasteiger partial charge in [0.1, 0.15) is 11.6 Å². The van der Waals surface area contributed by atoms with Crippen LogP contribution in [0.25, 0.3) is 5.76 Å². The molecule has 1 saturated heterocycles. The van der Waals surface area contributed by atoms with Gasteiger partial charge in [-0.25, -0.2) is 4.39 Å². The Labute approximate surface area is 170 Å². The van der Waals surface area contributed by atoms with Crippen molar-refractivity contribution in [3.63, 3.8) is 0 Å². The number of amides is 1. The molecule has 0 unspecified atom stereocenters. The van der Waals surface area contributed by atoms with E-state index in [0.717, 1.165) is 31.2 Å². The predicted octanol–water partition coefficient (Wildman–Crippen LogP) is 5.14. The first kappa shape index (κ1) is 20.8. The molecule has 0 saturated carbocycles. The molecule has 0 bridgehead atoms. The van der Waals surface area contributed by atoms with Crippen LogP contribution in [0.2, 0.25) is 0 Å². The predicted molar refractivity (Wildman–Crippen MR) is 111 cm³/mol. The number of likely N-dealkylation sites (tertiary alicyclic amines) is 1. The van der Waals surface area contributed by atoms with Gasteiger partial charge in [-0.3, -0.25) is 9.59 Å². The zero-order valence-corrected chi connectivity index (χ0v) is 16.8. The Kier molecular flexibility index (Phi) is 6.47. The van der Waals surface area contributed by atoms with Gasteiger partial charge in [-0.2, -0.15) is 0 Å². The lowest BCUT2D eigenvalue weighted by Crippen LogP contribution is -2.31. The molecule has 3 rings (SSSR count). The van der Waals surface area contributed by atoms with Crippen molar-refractivity contribution in [2.45, 2.75) is 45.6 Å². The molecule has 1 fully saturated rings. The Hall–Kier alpha value is -2.95. The van der Waals surface area contributed by atoms with Crippen LogP contribution in [0.3, 0.4) is 0 Å². The van der Waals surface area contributed by atoms with Crippen LogP contribution in [0, 0.1) is 12.7 Å². The molecule has 29 heavy (non-hydrogen) atoms. The summed E-state index contributed by atoms with van der Waals surface area (Å²) in [4.78, 5) is 27.0. The molecule has 1 aliphatic heterocycles. The van der Waals surface area contributed by atoms with E-state index in [2.05, 4.69) is 6.92 Å². The lowest BCUT2D eigenvalue weighted by Gasteiger charge is -2.25. The molecule has 0 aliphatic carbocycles. The first-order chi connectivity index (χ1) is 14.0. The van der Waals surface area contributed by atoms with E-state index < -0.39 is 23.5 Å². The average Bonchev–Trinajstić information content (AvgIpc) is 2.96. The fourth-order valence-electron chi connectivity index (χ4n) is 3.71. The van der Waals surface area contributed by atoms with E-state index in [4.69, 9.17) is 0 Å². The smallest absolute Gasteiger partial charge is 0.295 e. The lowest BCUT2D eigenvalue weighted by molar-refractivity contribution is -0.140. The van der Waals surface area contributed by atoms with E-state index in [1.54, 1.807) is 30.3 Å². The summed E-state index contributed by atoms with van der Waals surface area (Å²) in [5.41, 5.74) is 1.60. The molecule has 1 N–H and O–H groups in total. The summed E-state index contributed by atoms with van der Waals surface area (Å²) in [6.45, 7) is 4.35. The van der Waals surface area contributed by atoms with Crippen LogP contribution in [0.5, 0.6) is 0 Å². The highest BCUT2D eigenvalue weighted by Gasteiger charge is 2.46. The van der Waals surface area contributed by atoms with Crippen molar-refractivity contribution in [2.24, 2.45) is 0 Å².